The van der Waals surface area contributed by atoms with Crippen molar-refractivity contribution in [3.05, 3.63) is 76.2 Å². The van der Waals surface area contributed by atoms with Crippen molar-refractivity contribution in [2.24, 2.45) is 0 Å². The number of hydrogen-bond acceptors (Lipinski definition) is 3. The number of nitrogens with zero attached hydrogens (tertiary/aromatic N) is 1. The zero-order valence-electron chi connectivity index (χ0n) is 14.0. The van der Waals surface area contributed by atoms with Gasteiger partial charge in [0.15, 0.2) is 5.75 Å². The van der Waals surface area contributed by atoms with Crippen LogP contribution < -0.4 is 15.5 Å². The number of carbonyl (C=O) groups excluding carboxylic acids is 1. The Morgan fingerprint density at radius 1 is 1.25 bits per heavy atom. The van der Waals surface area contributed by atoms with E-state index in [1.165, 1.54) is 6.07 Å². The highest BCUT2D eigenvalue weighted by Gasteiger charge is 2.09. The lowest BCUT2D eigenvalue weighted by molar-refractivity contribution is -0.117. The van der Waals surface area contributed by atoms with Gasteiger partial charge in [0.05, 0.1) is 5.69 Å². The number of nitrogens with one attached hydrogen (secondary N) is 1. The molecule has 1 heterocycles. The van der Waals surface area contributed by atoms with Gasteiger partial charge in [-0.05, 0) is 19.4 Å². The zero-order chi connectivity index (χ0) is 17.5. The molecule has 0 aliphatic carbocycles. The predicted molar refractivity (Wildman–Crippen MR) is 94.0 cm³/mol. The summed E-state index contributed by atoms with van der Waals surface area (Å²) in [4.78, 5) is 23.6. The van der Waals surface area contributed by atoms with Crippen molar-refractivity contribution in [1.29, 1.82) is 0 Å². The minimum Gasteiger partial charge on any atom is -0.483 e. The van der Waals surface area contributed by atoms with E-state index in [0.29, 0.717) is 31.0 Å². The topological polar surface area (TPSA) is 60.3 Å². The minimum atomic E-state index is -0.172. The number of carbonyl (C=O) groups is 1. The molecule has 0 aliphatic heterocycles. The van der Waals surface area contributed by atoms with Gasteiger partial charge < -0.3 is 14.6 Å². The maximum Gasteiger partial charge on any atom is 0.246 e. The van der Waals surface area contributed by atoms with Crippen molar-refractivity contribution < 1.29 is 9.53 Å². The molecule has 0 spiro atoms. The molecule has 1 amide bonds. The largest absolute Gasteiger partial charge is 0.483 e. The molecule has 5 nitrogen and oxygen atoms in total. The van der Waals surface area contributed by atoms with E-state index in [0.717, 1.165) is 11.3 Å². The SMILES string of the molecule is C=C(C)C(=O)NCCn1ccc(=O)c(OCc2ccccc2)c1C. The van der Waals surface area contributed by atoms with Crippen LogP contribution in [0.2, 0.25) is 0 Å². The maximum atomic E-state index is 12.1. The monoisotopic (exact) mass is 326 g/mol. The highest BCUT2D eigenvalue weighted by Crippen LogP contribution is 2.13. The fourth-order valence-electron chi connectivity index (χ4n) is 2.24. The lowest BCUT2D eigenvalue weighted by atomic mass is 10.2. The first-order valence-electron chi connectivity index (χ1n) is 7.79. The van der Waals surface area contributed by atoms with Crippen molar-refractivity contribution >= 4 is 5.91 Å². The Kier molecular flexibility index (Phi) is 5.95. The quantitative estimate of drug-likeness (QED) is 0.795. The van der Waals surface area contributed by atoms with Crippen LogP contribution in [0.4, 0.5) is 0 Å². The van der Waals surface area contributed by atoms with Gasteiger partial charge in [-0.1, -0.05) is 36.9 Å². The maximum absolute atomic E-state index is 12.1. The summed E-state index contributed by atoms with van der Waals surface area (Å²) in [7, 11) is 0. The van der Waals surface area contributed by atoms with Crippen molar-refractivity contribution in [1.82, 2.24) is 9.88 Å². The van der Waals surface area contributed by atoms with Crippen LogP contribution in [-0.4, -0.2) is 17.0 Å². The first-order valence-corrected chi connectivity index (χ1v) is 7.79. The van der Waals surface area contributed by atoms with Crippen LogP contribution in [0.1, 0.15) is 18.2 Å². The van der Waals surface area contributed by atoms with Crippen LogP contribution in [0.5, 0.6) is 5.75 Å². The van der Waals surface area contributed by atoms with Crippen molar-refractivity contribution in [2.75, 3.05) is 6.54 Å². The molecule has 0 atom stereocenters. The average Bonchev–Trinajstić information content (AvgIpc) is 2.57. The van der Waals surface area contributed by atoms with E-state index in [9.17, 15) is 9.59 Å². The summed E-state index contributed by atoms with van der Waals surface area (Å²) >= 11 is 0. The van der Waals surface area contributed by atoms with Crippen LogP contribution in [0.25, 0.3) is 0 Å². The van der Waals surface area contributed by atoms with Gasteiger partial charge in [0.1, 0.15) is 6.61 Å². The Hall–Kier alpha value is -2.82. The molecule has 1 N–H and O–H groups in total. The summed E-state index contributed by atoms with van der Waals surface area (Å²) < 4.78 is 7.61. The van der Waals surface area contributed by atoms with E-state index in [2.05, 4.69) is 11.9 Å². The highest BCUT2D eigenvalue weighted by atomic mass is 16.5. The van der Waals surface area contributed by atoms with Gasteiger partial charge in [-0.15, -0.1) is 0 Å². The third-order valence-electron chi connectivity index (χ3n) is 3.64. The third-order valence-corrected chi connectivity index (χ3v) is 3.64. The average molecular weight is 326 g/mol. The van der Waals surface area contributed by atoms with Crippen LogP contribution >= 0.6 is 0 Å². The summed E-state index contributed by atoms with van der Waals surface area (Å²) in [5.41, 5.74) is 2.06. The van der Waals surface area contributed by atoms with Crippen LogP contribution in [0.15, 0.2) is 59.5 Å². The molecule has 0 bridgehead atoms. The van der Waals surface area contributed by atoms with E-state index >= 15 is 0 Å². The number of rotatable bonds is 7. The number of hydrogen-bond donors (Lipinski definition) is 1. The number of pyridine rings is 1. The molecule has 24 heavy (non-hydrogen) atoms. The van der Waals surface area contributed by atoms with Gasteiger partial charge in [0.25, 0.3) is 0 Å². The third kappa shape index (κ3) is 4.59. The summed E-state index contributed by atoms with van der Waals surface area (Å²) in [5, 5.41) is 2.77. The van der Waals surface area contributed by atoms with E-state index in [4.69, 9.17) is 4.74 Å². The summed E-state index contributed by atoms with van der Waals surface area (Å²) in [6, 6.07) is 11.2. The Balaban J connectivity index is 2.05. The van der Waals surface area contributed by atoms with Gasteiger partial charge in [0, 0.05) is 30.9 Å². The van der Waals surface area contributed by atoms with E-state index in [-0.39, 0.29) is 11.3 Å². The van der Waals surface area contributed by atoms with Crippen molar-refractivity contribution in [3.63, 3.8) is 0 Å². The van der Waals surface area contributed by atoms with Crippen LogP contribution in [0.3, 0.4) is 0 Å². The summed E-state index contributed by atoms with van der Waals surface area (Å²) in [6.45, 7) is 8.44. The van der Waals surface area contributed by atoms with Crippen LogP contribution in [0, 0.1) is 6.92 Å². The van der Waals surface area contributed by atoms with E-state index < -0.39 is 0 Å². The molecule has 0 radical (unpaired) electrons. The fraction of sp³-hybridized carbons (Fsp3) is 0.263. The normalized spacial score (nSPS) is 10.2. The van der Waals surface area contributed by atoms with Gasteiger partial charge in [-0.25, -0.2) is 0 Å². The number of ether oxygens (including phenoxy) is 1. The van der Waals surface area contributed by atoms with Gasteiger partial charge in [-0.3, -0.25) is 9.59 Å². The molecule has 5 heteroatoms. The minimum absolute atomic E-state index is 0.148. The number of aromatic nitrogens is 1. The molecular weight excluding hydrogens is 304 g/mol. The number of amides is 1. The van der Waals surface area contributed by atoms with E-state index in [1.54, 1.807) is 13.1 Å². The van der Waals surface area contributed by atoms with Crippen molar-refractivity contribution in [2.45, 2.75) is 27.0 Å². The first kappa shape index (κ1) is 17.5. The molecule has 2 rings (SSSR count). The predicted octanol–water partition coefficient (Wildman–Crippen LogP) is 2.43. The number of benzene rings is 1. The van der Waals surface area contributed by atoms with Gasteiger partial charge in [0.2, 0.25) is 11.3 Å². The lowest BCUT2D eigenvalue weighted by Crippen LogP contribution is -2.28. The molecule has 0 fully saturated rings. The molecule has 1 aromatic carbocycles. The zero-order valence-corrected chi connectivity index (χ0v) is 14.0. The second kappa shape index (κ2) is 8.15. The Bertz CT molecular complexity index is 779. The Morgan fingerprint density at radius 3 is 2.62 bits per heavy atom. The van der Waals surface area contributed by atoms with Crippen LogP contribution in [-0.2, 0) is 17.9 Å². The molecule has 0 aliphatic rings. The van der Waals surface area contributed by atoms with Crippen molar-refractivity contribution in [3.8, 4) is 5.75 Å². The highest BCUT2D eigenvalue weighted by molar-refractivity contribution is 5.91. The fourth-order valence-corrected chi connectivity index (χ4v) is 2.24. The molecule has 0 saturated heterocycles. The molecule has 1 aromatic heterocycles. The molecule has 0 saturated carbocycles. The molecule has 2 aromatic rings. The van der Waals surface area contributed by atoms with Gasteiger partial charge >= 0.3 is 0 Å². The first-order chi connectivity index (χ1) is 11.5. The molecule has 0 unspecified atom stereocenters. The Labute approximate surface area is 141 Å². The Morgan fingerprint density at radius 2 is 1.96 bits per heavy atom. The smallest absolute Gasteiger partial charge is 0.246 e. The second-order valence-electron chi connectivity index (χ2n) is 5.60. The molecular formula is C19H22N2O3. The second-order valence-corrected chi connectivity index (χ2v) is 5.60. The molecule has 126 valence electrons. The standard InChI is InChI=1S/C19H22N2O3/c1-14(2)19(23)20-10-12-21-11-9-17(22)18(15(21)3)24-13-16-7-5-4-6-8-16/h4-9,11H,1,10,12-13H2,2-3H3,(H,20,23). The summed E-state index contributed by atoms with van der Waals surface area (Å²) in [5.74, 6) is 0.168. The van der Waals surface area contributed by atoms with Gasteiger partial charge in [-0.2, -0.15) is 0 Å². The lowest BCUT2D eigenvalue weighted by Gasteiger charge is -2.15. The summed E-state index contributed by atoms with van der Waals surface area (Å²) in [6.07, 6.45) is 1.71. The van der Waals surface area contributed by atoms with E-state index in [1.807, 2.05) is 41.8 Å².